The smallest absolute Gasteiger partial charge is 0.278 e. The van der Waals surface area contributed by atoms with Gasteiger partial charge in [-0.1, -0.05) is 5.16 Å². The maximum atomic E-state index is 11.8. The van der Waals surface area contributed by atoms with Gasteiger partial charge in [-0.2, -0.15) is 0 Å². The number of pyridine rings is 1. The van der Waals surface area contributed by atoms with Gasteiger partial charge in [-0.25, -0.2) is 4.98 Å². The standard InChI is InChI=1S/C16H14N4O4/c21-13-2-1-9(18-13)7-24-16-10-6-11-12(5-8(10)3-4-17-16)19-15(22)14(11)20-23/h3-6,9,23H,1-2,7H2,(H,18,21)(H,19,20,22). The summed E-state index contributed by atoms with van der Waals surface area (Å²) in [6.45, 7) is 0.326. The highest BCUT2D eigenvalue weighted by Gasteiger charge is 2.28. The zero-order chi connectivity index (χ0) is 16.7. The highest BCUT2D eigenvalue weighted by atomic mass is 16.5. The molecule has 1 saturated heterocycles. The Kier molecular flexibility index (Phi) is 3.30. The number of hydrogen-bond acceptors (Lipinski definition) is 6. The molecule has 122 valence electrons. The van der Waals surface area contributed by atoms with Gasteiger partial charge in [-0.15, -0.1) is 0 Å². The fourth-order valence-electron chi connectivity index (χ4n) is 2.99. The molecule has 2 amide bonds. The molecule has 2 aromatic rings. The second-order valence-corrected chi connectivity index (χ2v) is 5.75. The highest BCUT2D eigenvalue weighted by Crippen LogP contribution is 2.32. The van der Waals surface area contributed by atoms with E-state index >= 15 is 0 Å². The number of carbonyl (C=O) groups is 2. The third kappa shape index (κ3) is 2.32. The summed E-state index contributed by atoms with van der Waals surface area (Å²) < 4.78 is 5.77. The molecule has 8 nitrogen and oxygen atoms in total. The van der Waals surface area contributed by atoms with Crippen molar-refractivity contribution in [2.75, 3.05) is 11.9 Å². The summed E-state index contributed by atoms with van der Waals surface area (Å²) in [5.74, 6) is -0.0133. The van der Waals surface area contributed by atoms with Crippen molar-refractivity contribution in [1.82, 2.24) is 10.3 Å². The van der Waals surface area contributed by atoms with Crippen molar-refractivity contribution in [3.63, 3.8) is 0 Å². The zero-order valence-corrected chi connectivity index (χ0v) is 12.6. The number of ether oxygens (including phenoxy) is 1. The summed E-state index contributed by atoms with van der Waals surface area (Å²) in [5, 5.41) is 19.1. The van der Waals surface area contributed by atoms with Crippen molar-refractivity contribution in [1.29, 1.82) is 0 Å². The summed E-state index contributed by atoms with van der Waals surface area (Å²) in [6.07, 6.45) is 2.86. The lowest BCUT2D eigenvalue weighted by Crippen LogP contribution is -2.31. The van der Waals surface area contributed by atoms with Gasteiger partial charge in [-0.05, 0) is 30.0 Å². The maximum absolute atomic E-state index is 11.8. The van der Waals surface area contributed by atoms with Crippen LogP contribution in [0.2, 0.25) is 0 Å². The number of fused-ring (bicyclic) bond motifs is 2. The number of benzene rings is 1. The summed E-state index contributed by atoms with van der Waals surface area (Å²) in [4.78, 5) is 27.3. The largest absolute Gasteiger partial charge is 0.475 e. The lowest BCUT2D eigenvalue weighted by Gasteiger charge is -2.13. The van der Waals surface area contributed by atoms with Crippen LogP contribution in [0.3, 0.4) is 0 Å². The van der Waals surface area contributed by atoms with Crippen LogP contribution in [0.15, 0.2) is 29.6 Å². The Morgan fingerprint density at radius 3 is 3.00 bits per heavy atom. The molecule has 1 atom stereocenters. The second-order valence-electron chi connectivity index (χ2n) is 5.75. The van der Waals surface area contributed by atoms with Gasteiger partial charge in [0.2, 0.25) is 11.8 Å². The molecule has 1 aromatic carbocycles. The fraction of sp³-hybridized carbons (Fsp3) is 0.250. The molecule has 3 N–H and O–H groups in total. The van der Waals surface area contributed by atoms with Crippen LogP contribution in [0.25, 0.3) is 10.8 Å². The average molecular weight is 326 g/mol. The number of anilines is 1. The lowest BCUT2D eigenvalue weighted by atomic mass is 10.1. The molecule has 2 aliphatic heterocycles. The minimum atomic E-state index is -0.452. The second kappa shape index (κ2) is 5.48. The van der Waals surface area contributed by atoms with E-state index in [0.29, 0.717) is 35.5 Å². The van der Waals surface area contributed by atoms with Gasteiger partial charge in [0.05, 0.1) is 11.7 Å². The molecule has 0 saturated carbocycles. The van der Waals surface area contributed by atoms with Gasteiger partial charge in [0.1, 0.15) is 6.61 Å². The van der Waals surface area contributed by atoms with Crippen LogP contribution in [0.5, 0.6) is 5.88 Å². The van der Waals surface area contributed by atoms with E-state index in [9.17, 15) is 9.59 Å². The summed E-state index contributed by atoms with van der Waals surface area (Å²) >= 11 is 0. The molecular weight excluding hydrogens is 312 g/mol. The molecule has 24 heavy (non-hydrogen) atoms. The van der Waals surface area contributed by atoms with Gasteiger partial charge < -0.3 is 20.6 Å². The number of carbonyl (C=O) groups excluding carboxylic acids is 2. The quantitative estimate of drug-likeness (QED) is 0.576. The first-order valence-corrected chi connectivity index (χ1v) is 7.54. The Morgan fingerprint density at radius 2 is 2.25 bits per heavy atom. The monoisotopic (exact) mass is 326 g/mol. The van der Waals surface area contributed by atoms with E-state index in [1.165, 1.54) is 0 Å². The number of nitrogens with zero attached hydrogens (tertiary/aromatic N) is 2. The van der Waals surface area contributed by atoms with Gasteiger partial charge in [0, 0.05) is 23.6 Å². The Bertz CT molecular complexity index is 893. The molecule has 3 heterocycles. The summed E-state index contributed by atoms with van der Waals surface area (Å²) in [6, 6.07) is 5.28. The average Bonchev–Trinajstić information content (AvgIpc) is 3.12. The molecule has 2 aliphatic rings. The molecule has 0 radical (unpaired) electrons. The number of amides is 2. The minimum Gasteiger partial charge on any atom is -0.475 e. The van der Waals surface area contributed by atoms with Crippen LogP contribution >= 0.6 is 0 Å². The fourth-order valence-corrected chi connectivity index (χ4v) is 2.99. The zero-order valence-electron chi connectivity index (χ0n) is 12.6. The maximum Gasteiger partial charge on any atom is 0.278 e. The third-order valence-corrected chi connectivity index (χ3v) is 4.19. The van der Waals surface area contributed by atoms with E-state index in [-0.39, 0.29) is 17.7 Å². The Labute approximate surface area is 136 Å². The van der Waals surface area contributed by atoms with Crippen molar-refractivity contribution in [2.24, 2.45) is 5.16 Å². The van der Waals surface area contributed by atoms with E-state index in [4.69, 9.17) is 9.94 Å². The highest BCUT2D eigenvalue weighted by molar-refractivity contribution is 6.54. The summed E-state index contributed by atoms with van der Waals surface area (Å²) in [7, 11) is 0. The molecular formula is C16H14N4O4. The van der Waals surface area contributed by atoms with Gasteiger partial charge in [-0.3, -0.25) is 9.59 Å². The van der Waals surface area contributed by atoms with Crippen molar-refractivity contribution >= 4 is 34.0 Å². The van der Waals surface area contributed by atoms with Gasteiger partial charge >= 0.3 is 0 Å². The number of hydrogen-bond donors (Lipinski definition) is 3. The third-order valence-electron chi connectivity index (χ3n) is 4.19. The van der Waals surface area contributed by atoms with Crippen molar-refractivity contribution in [3.8, 4) is 5.88 Å². The van der Waals surface area contributed by atoms with Crippen LogP contribution < -0.4 is 15.4 Å². The molecule has 1 unspecified atom stereocenters. The minimum absolute atomic E-state index is 0.0261. The van der Waals surface area contributed by atoms with Gasteiger partial charge in [0.25, 0.3) is 5.91 Å². The molecule has 0 spiro atoms. The van der Waals surface area contributed by atoms with E-state index in [1.54, 1.807) is 24.4 Å². The normalized spacial score (nSPS) is 21.0. The van der Waals surface area contributed by atoms with Crippen LogP contribution in [-0.4, -0.2) is 40.4 Å². The molecule has 0 bridgehead atoms. The Balaban J connectivity index is 1.68. The lowest BCUT2D eigenvalue weighted by molar-refractivity contribution is -0.119. The van der Waals surface area contributed by atoms with Gasteiger partial charge in [0.15, 0.2) is 5.71 Å². The first kappa shape index (κ1) is 14.4. The number of oxime groups is 1. The van der Waals surface area contributed by atoms with Crippen LogP contribution in [-0.2, 0) is 9.59 Å². The molecule has 4 rings (SSSR count). The van der Waals surface area contributed by atoms with Crippen LogP contribution in [0, 0.1) is 0 Å². The first-order chi connectivity index (χ1) is 11.7. The predicted octanol–water partition coefficient (Wildman–Crippen LogP) is 1.02. The Morgan fingerprint density at radius 1 is 1.38 bits per heavy atom. The predicted molar refractivity (Wildman–Crippen MR) is 85.4 cm³/mol. The van der Waals surface area contributed by atoms with Crippen molar-refractivity contribution in [2.45, 2.75) is 18.9 Å². The summed E-state index contributed by atoms with van der Waals surface area (Å²) in [5.41, 5.74) is 1.05. The number of nitrogens with one attached hydrogen (secondary N) is 2. The first-order valence-electron chi connectivity index (χ1n) is 7.54. The number of aromatic nitrogens is 1. The van der Waals surface area contributed by atoms with Crippen LogP contribution in [0.4, 0.5) is 5.69 Å². The SMILES string of the molecule is O=C1CCC(COc2nccc3cc4c(cc23)/C(=N\O)C(=O)N4)N1. The molecule has 1 aromatic heterocycles. The molecule has 1 fully saturated rings. The van der Waals surface area contributed by atoms with E-state index < -0.39 is 5.91 Å². The van der Waals surface area contributed by atoms with E-state index in [0.717, 1.165) is 11.8 Å². The van der Waals surface area contributed by atoms with Crippen molar-refractivity contribution in [3.05, 3.63) is 30.0 Å². The van der Waals surface area contributed by atoms with Crippen molar-refractivity contribution < 1.29 is 19.5 Å². The van der Waals surface area contributed by atoms with E-state index in [1.807, 2.05) is 0 Å². The van der Waals surface area contributed by atoms with E-state index in [2.05, 4.69) is 20.8 Å². The molecule has 8 heteroatoms. The Hall–Kier alpha value is -3.16. The molecule has 0 aliphatic carbocycles. The number of rotatable bonds is 3. The van der Waals surface area contributed by atoms with Crippen LogP contribution in [0.1, 0.15) is 18.4 Å². The topological polar surface area (TPSA) is 113 Å².